The number of imidazole rings is 1. The summed E-state index contributed by atoms with van der Waals surface area (Å²) in [5.74, 6) is 0.977. The van der Waals surface area contributed by atoms with Crippen molar-refractivity contribution in [2.75, 3.05) is 32.8 Å². The van der Waals surface area contributed by atoms with Crippen LogP contribution in [0.3, 0.4) is 0 Å². The van der Waals surface area contributed by atoms with E-state index in [2.05, 4.69) is 15.5 Å². The van der Waals surface area contributed by atoms with Crippen molar-refractivity contribution in [3.63, 3.8) is 0 Å². The van der Waals surface area contributed by atoms with Crippen molar-refractivity contribution in [2.24, 2.45) is 5.92 Å². The van der Waals surface area contributed by atoms with Crippen molar-refractivity contribution in [1.29, 1.82) is 0 Å². The van der Waals surface area contributed by atoms with Crippen molar-refractivity contribution in [3.05, 3.63) is 65.1 Å². The zero-order valence-electron chi connectivity index (χ0n) is 21.3. The van der Waals surface area contributed by atoms with Crippen LogP contribution in [0.2, 0.25) is 0 Å². The van der Waals surface area contributed by atoms with E-state index in [1.54, 1.807) is 10.6 Å². The van der Waals surface area contributed by atoms with Crippen LogP contribution in [0, 0.1) is 5.92 Å². The number of amides is 2. The summed E-state index contributed by atoms with van der Waals surface area (Å²) in [4.78, 5) is 39.5. The summed E-state index contributed by atoms with van der Waals surface area (Å²) in [5, 5.41) is 14.7. The number of hydrogen-bond donors (Lipinski definition) is 3. The summed E-state index contributed by atoms with van der Waals surface area (Å²) in [7, 11) is 0. The van der Waals surface area contributed by atoms with Gasteiger partial charge in [-0.15, -0.1) is 0 Å². The Balaban J connectivity index is 1.29. The molecule has 1 fully saturated rings. The van der Waals surface area contributed by atoms with Gasteiger partial charge in [0.1, 0.15) is 12.4 Å². The third-order valence-electron chi connectivity index (χ3n) is 6.75. The highest BCUT2D eigenvalue weighted by atomic mass is 16.5. The molecule has 37 heavy (non-hydrogen) atoms. The number of aromatic nitrogens is 2. The molecule has 0 bridgehead atoms. The van der Waals surface area contributed by atoms with Crippen LogP contribution >= 0.6 is 0 Å². The van der Waals surface area contributed by atoms with Crippen LogP contribution in [0.1, 0.15) is 32.7 Å². The molecule has 1 atom stereocenters. The topological polar surface area (TPSA) is 118 Å². The number of carbonyl (C=O) groups is 2. The molecule has 1 unspecified atom stereocenters. The first kappa shape index (κ1) is 26.3. The van der Waals surface area contributed by atoms with Crippen molar-refractivity contribution < 1.29 is 19.4 Å². The van der Waals surface area contributed by atoms with E-state index in [1.807, 2.05) is 62.4 Å². The van der Waals surface area contributed by atoms with Crippen molar-refractivity contribution in [3.8, 4) is 5.75 Å². The van der Waals surface area contributed by atoms with Gasteiger partial charge in [0.05, 0.1) is 17.1 Å². The standard InChI is InChI=1S/C27H35N5O5/c1-19(2)31-23-10-6-7-11-24(23)32(27(31)36)25(33)28-16-20-12-14-30(15-13-20)17-21(29-26(34)35)18-37-22-8-4-3-5-9-22/h3-11,19-21,29H,12-18H2,1-2H3,(H,28,33)(H,34,35). The van der Waals surface area contributed by atoms with Crippen molar-refractivity contribution in [2.45, 2.75) is 38.8 Å². The monoisotopic (exact) mass is 509 g/mol. The number of carboxylic acid groups (broad SMARTS) is 1. The number of piperidine rings is 1. The molecule has 2 heterocycles. The van der Waals surface area contributed by atoms with Gasteiger partial charge in [-0.1, -0.05) is 30.3 Å². The van der Waals surface area contributed by atoms with Crippen molar-refractivity contribution >= 4 is 23.2 Å². The van der Waals surface area contributed by atoms with Crippen LogP contribution in [0.4, 0.5) is 9.59 Å². The number of para-hydroxylation sites is 3. The molecule has 4 rings (SSSR count). The summed E-state index contributed by atoms with van der Waals surface area (Å²) < 4.78 is 8.62. The van der Waals surface area contributed by atoms with Gasteiger partial charge in [0, 0.05) is 19.1 Å². The van der Waals surface area contributed by atoms with Gasteiger partial charge in [-0.25, -0.2) is 19.0 Å². The maximum Gasteiger partial charge on any atom is 0.405 e. The molecular formula is C27H35N5O5. The molecule has 0 saturated carbocycles. The lowest BCUT2D eigenvalue weighted by atomic mass is 9.96. The normalized spacial score (nSPS) is 15.5. The quantitative estimate of drug-likeness (QED) is 0.407. The Morgan fingerprint density at radius 3 is 2.32 bits per heavy atom. The molecule has 1 aliphatic heterocycles. The van der Waals surface area contributed by atoms with E-state index in [0.29, 0.717) is 24.4 Å². The first-order chi connectivity index (χ1) is 17.8. The number of likely N-dealkylation sites (tertiary alicyclic amines) is 1. The highest BCUT2D eigenvalue weighted by Crippen LogP contribution is 2.19. The first-order valence-corrected chi connectivity index (χ1v) is 12.7. The predicted octanol–water partition coefficient (Wildman–Crippen LogP) is 3.37. The van der Waals surface area contributed by atoms with E-state index in [9.17, 15) is 19.5 Å². The minimum atomic E-state index is -1.08. The molecule has 1 aliphatic rings. The Morgan fingerprint density at radius 1 is 1.03 bits per heavy atom. The summed E-state index contributed by atoms with van der Waals surface area (Å²) in [6, 6.07) is 15.8. The summed E-state index contributed by atoms with van der Waals surface area (Å²) in [5.41, 5.74) is 1.01. The largest absolute Gasteiger partial charge is 0.491 e. The molecule has 0 aliphatic carbocycles. The van der Waals surface area contributed by atoms with Gasteiger partial charge in [0.15, 0.2) is 0 Å². The number of carbonyl (C=O) groups excluding carboxylic acids is 1. The van der Waals surface area contributed by atoms with E-state index in [-0.39, 0.29) is 30.3 Å². The fraction of sp³-hybridized carbons (Fsp3) is 0.444. The maximum absolute atomic E-state index is 13.0. The molecule has 1 saturated heterocycles. The lowest BCUT2D eigenvalue weighted by molar-refractivity contribution is 0.138. The highest BCUT2D eigenvalue weighted by molar-refractivity contribution is 5.89. The number of rotatable bonds is 9. The minimum absolute atomic E-state index is 0.0617. The van der Waals surface area contributed by atoms with Gasteiger partial charge in [-0.2, -0.15) is 0 Å². The number of benzene rings is 2. The van der Waals surface area contributed by atoms with E-state index >= 15 is 0 Å². The van der Waals surface area contributed by atoms with Gasteiger partial charge in [0.25, 0.3) is 0 Å². The second kappa shape index (κ2) is 12.0. The minimum Gasteiger partial charge on any atom is -0.491 e. The number of nitrogens with one attached hydrogen (secondary N) is 2. The lowest BCUT2D eigenvalue weighted by Crippen LogP contribution is -2.49. The lowest BCUT2D eigenvalue weighted by Gasteiger charge is -2.34. The van der Waals surface area contributed by atoms with Crippen LogP contribution in [-0.2, 0) is 0 Å². The molecule has 1 aromatic heterocycles. The van der Waals surface area contributed by atoms with Crippen LogP contribution in [0.5, 0.6) is 5.75 Å². The Labute approximate surface area is 215 Å². The van der Waals surface area contributed by atoms with Crippen LogP contribution < -0.4 is 21.1 Å². The SMILES string of the molecule is CC(C)n1c(=O)n(C(=O)NCC2CCN(CC(COc3ccccc3)NC(=O)O)CC2)c2ccccc21. The fourth-order valence-corrected chi connectivity index (χ4v) is 4.89. The average Bonchev–Trinajstić information content (AvgIpc) is 3.19. The maximum atomic E-state index is 13.0. The van der Waals surface area contributed by atoms with Gasteiger partial charge < -0.3 is 25.4 Å². The summed E-state index contributed by atoms with van der Waals surface area (Å²) in [6.07, 6.45) is 0.651. The Kier molecular flexibility index (Phi) is 8.50. The molecule has 0 spiro atoms. The second-order valence-electron chi connectivity index (χ2n) is 9.77. The molecule has 2 aromatic carbocycles. The first-order valence-electron chi connectivity index (χ1n) is 12.7. The zero-order chi connectivity index (χ0) is 26.4. The zero-order valence-corrected chi connectivity index (χ0v) is 21.3. The van der Waals surface area contributed by atoms with Crippen molar-refractivity contribution in [1.82, 2.24) is 24.7 Å². The van der Waals surface area contributed by atoms with Gasteiger partial charge in [0.2, 0.25) is 0 Å². The molecule has 3 aromatic rings. The molecule has 0 radical (unpaired) electrons. The Morgan fingerprint density at radius 2 is 1.68 bits per heavy atom. The smallest absolute Gasteiger partial charge is 0.405 e. The fourth-order valence-electron chi connectivity index (χ4n) is 4.89. The second-order valence-corrected chi connectivity index (χ2v) is 9.77. The summed E-state index contributed by atoms with van der Waals surface area (Å²) in [6.45, 7) is 6.69. The van der Waals surface area contributed by atoms with Crippen LogP contribution in [-0.4, -0.2) is 70.1 Å². The van der Waals surface area contributed by atoms with Gasteiger partial charge in [-0.3, -0.25) is 4.57 Å². The Bertz CT molecular complexity index is 1260. The predicted molar refractivity (Wildman–Crippen MR) is 141 cm³/mol. The van der Waals surface area contributed by atoms with E-state index in [1.165, 1.54) is 4.57 Å². The van der Waals surface area contributed by atoms with Crippen LogP contribution in [0.15, 0.2) is 59.4 Å². The highest BCUT2D eigenvalue weighted by Gasteiger charge is 2.25. The van der Waals surface area contributed by atoms with E-state index in [0.717, 1.165) is 31.4 Å². The molecule has 10 heteroatoms. The third-order valence-corrected chi connectivity index (χ3v) is 6.75. The third kappa shape index (κ3) is 6.51. The Hall–Kier alpha value is -3.79. The van der Waals surface area contributed by atoms with E-state index < -0.39 is 12.1 Å². The summed E-state index contributed by atoms with van der Waals surface area (Å²) >= 11 is 0. The van der Waals surface area contributed by atoms with Crippen LogP contribution in [0.25, 0.3) is 11.0 Å². The van der Waals surface area contributed by atoms with Gasteiger partial charge >= 0.3 is 17.8 Å². The van der Waals surface area contributed by atoms with E-state index in [4.69, 9.17) is 4.74 Å². The molecule has 2 amide bonds. The number of nitrogens with zero attached hydrogens (tertiary/aromatic N) is 3. The average molecular weight is 510 g/mol. The number of fused-ring (bicyclic) bond motifs is 1. The molecular weight excluding hydrogens is 474 g/mol. The number of ether oxygens (including phenoxy) is 1. The number of hydrogen-bond acceptors (Lipinski definition) is 5. The molecule has 198 valence electrons. The molecule has 3 N–H and O–H groups in total. The van der Waals surface area contributed by atoms with Gasteiger partial charge in [-0.05, 0) is 70.0 Å². The molecule has 10 nitrogen and oxygen atoms in total.